The first-order chi connectivity index (χ1) is 6.40. The molecule has 0 bridgehead atoms. The van der Waals surface area contributed by atoms with E-state index in [1.807, 2.05) is 6.92 Å². The summed E-state index contributed by atoms with van der Waals surface area (Å²) in [6, 6.07) is 8.51. The third kappa shape index (κ3) is 1.65. The van der Waals surface area contributed by atoms with Gasteiger partial charge >= 0.3 is 0 Å². The molecule has 0 nitrogen and oxygen atoms in total. The molecule has 0 heteroatoms. The lowest BCUT2D eigenvalue weighted by atomic mass is 9.90. The summed E-state index contributed by atoms with van der Waals surface area (Å²) >= 11 is 0. The van der Waals surface area contributed by atoms with E-state index < -0.39 is 0 Å². The van der Waals surface area contributed by atoms with Crippen molar-refractivity contribution in [3.05, 3.63) is 41.5 Å². The van der Waals surface area contributed by atoms with Crippen LogP contribution >= 0.6 is 0 Å². The van der Waals surface area contributed by atoms with E-state index in [0.717, 1.165) is 6.42 Å². The summed E-state index contributed by atoms with van der Waals surface area (Å²) in [5, 5.41) is 0. The molecule has 0 amide bonds. The molecule has 0 N–H and O–H groups in total. The highest BCUT2D eigenvalue weighted by atomic mass is 14.1. The average Bonchev–Trinajstić information content (AvgIpc) is 2.18. The zero-order chi connectivity index (χ0) is 9.10. The minimum Gasteiger partial charge on any atom is -0.106 e. The van der Waals surface area contributed by atoms with Gasteiger partial charge in [0.05, 0.1) is 0 Å². The zero-order valence-corrected chi connectivity index (χ0v) is 7.75. The predicted molar refractivity (Wildman–Crippen MR) is 56.1 cm³/mol. The highest BCUT2D eigenvalue weighted by molar-refractivity contribution is 5.57. The summed E-state index contributed by atoms with van der Waals surface area (Å²) in [6.45, 7) is 1.90. The fourth-order valence-corrected chi connectivity index (χ4v) is 1.69. The van der Waals surface area contributed by atoms with Gasteiger partial charge in [-0.05, 0) is 24.5 Å². The highest BCUT2D eigenvalue weighted by Crippen LogP contribution is 2.21. The normalized spacial score (nSPS) is 18.7. The molecule has 1 aromatic rings. The fourth-order valence-electron chi connectivity index (χ4n) is 1.69. The van der Waals surface area contributed by atoms with Gasteiger partial charge in [-0.3, -0.25) is 0 Å². The third-order valence-electron chi connectivity index (χ3n) is 2.33. The minimum atomic E-state index is 0.417. The van der Waals surface area contributed by atoms with Crippen LogP contribution in [0, 0.1) is 17.8 Å². The van der Waals surface area contributed by atoms with Gasteiger partial charge in [0.15, 0.2) is 0 Å². The van der Waals surface area contributed by atoms with Crippen molar-refractivity contribution in [1.29, 1.82) is 0 Å². The Balaban J connectivity index is 2.32. The first-order valence-corrected chi connectivity index (χ1v) is 4.58. The van der Waals surface area contributed by atoms with Crippen molar-refractivity contribution in [3.63, 3.8) is 0 Å². The Bertz CT molecular complexity index is 388. The van der Waals surface area contributed by atoms with Crippen LogP contribution < -0.4 is 0 Å². The van der Waals surface area contributed by atoms with E-state index in [1.165, 1.54) is 11.1 Å². The van der Waals surface area contributed by atoms with Crippen molar-refractivity contribution in [2.45, 2.75) is 13.3 Å². The third-order valence-corrected chi connectivity index (χ3v) is 2.33. The number of benzene rings is 1. The van der Waals surface area contributed by atoms with E-state index in [0.29, 0.717) is 5.92 Å². The lowest BCUT2D eigenvalue weighted by molar-refractivity contribution is 0.823. The molecule has 0 saturated heterocycles. The van der Waals surface area contributed by atoms with Gasteiger partial charge in [-0.25, -0.2) is 0 Å². The van der Waals surface area contributed by atoms with Crippen molar-refractivity contribution in [2.24, 2.45) is 5.92 Å². The predicted octanol–water partition coefficient (Wildman–Crippen LogP) is 2.90. The summed E-state index contributed by atoms with van der Waals surface area (Å²) in [5.74, 6) is 6.57. The van der Waals surface area contributed by atoms with Crippen molar-refractivity contribution in [3.8, 4) is 11.8 Å². The molecule has 64 valence electrons. The number of rotatable bonds is 0. The van der Waals surface area contributed by atoms with Gasteiger partial charge in [-0.2, -0.15) is 0 Å². The minimum absolute atomic E-state index is 0.417. The number of hydrogen-bond acceptors (Lipinski definition) is 0. The van der Waals surface area contributed by atoms with Crippen LogP contribution in [0.2, 0.25) is 0 Å². The molecular weight excluding hydrogens is 156 g/mol. The van der Waals surface area contributed by atoms with Gasteiger partial charge in [0.2, 0.25) is 0 Å². The number of hydrogen-bond donors (Lipinski definition) is 0. The van der Waals surface area contributed by atoms with Crippen molar-refractivity contribution in [1.82, 2.24) is 0 Å². The second kappa shape index (κ2) is 3.49. The lowest BCUT2D eigenvalue weighted by Gasteiger charge is -2.14. The molecule has 1 unspecified atom stereocenters. The highest BCUT2D eigenvalue weighted by Gasteiger charge is 2.09. The number of fused-ring (bicyclic) bond motifs is 1. The summed E-state index contributed by atoms with van der Waals surface area (Å²) in [5.41, 5.74) is 2.76. The van der Waals surface area contributed by atoms with Crippen LogP contribution in [0.25, 0.3) is 6.08 Å². The van der Waals surface area contributed by atoms with E-state index in [2.05, 4.69) is 48.3 Å². The summed E-state index contributed by atoms with van der Waals surface area (Å²) in [4.78, 5) is 0. The Kier molecular flexibility index (Phi) is 2.19. The van der Waals surface area contributed by atoms with E-state index in [-0.39, 0.29) is 0 Å². The molecule has 1 aromatic carbocycles. The van der Waals surface area contributed by atoms with Crippen LogP contribution in [0.5, 0.6) is 0 Å². The fraction of sp³-hybridized carbons (Fsp3) is 0.231. The summed E-state index contributed by atoms with van der Waals surface area (Å²) in [6.07, 6.45) is 5.43. The zero-order valence-electron chi connectivity index (χ0n) is 7.75. The first kappa shape index (κ1) is 8.13. The monoisotopic (exact) mass is 168 g/mol. The van der Waals surface area contributed by atoms with Gasteiger partial charge in [-0.15, -0.1) is 5.92 Å². The molecule has 0 fully saturated rings. The van der Waals surface area contributed by atoms with Crippen LogP contribution in [0.15, 0.2) is 30.3 Å². The van der Waals surface area contributed by atoms with E-state index in [4.69, 9.17) is 0 Å². The van der Waals surface area contributed by atoms with Gasteiger partial charge in [-0.1, -0.05) is 42.3 Å². The van der Waals surface area contributed by atoms with E-state index in [1.54, 1.807) is 0 Å². The molecule has 0 aliphatic heterocycles. The summed E-state index contributed by atoms with van der Waals surface area (Å²) < 4.78 is 0. The van der Waals surface area contributed by atoms with E-state index >= 15 is 0 Å². The standard InChI is InChI=1S/C13H12/c1-2-5-11-8-9-12-6-3-4-7-13(12)10-11/h3-4,6-9,11H,10H2,1H3. The molecule has 0 spiro atoms. The smallest absolute Gasteiger partial charge is 0.0426 e. The van der Waals surface area contributed by atoms with Crippen LogP contribution in [0.4, 0.5) is 0 Å². The van der Waals surface area contributed by atoms with Gasteiger partial charge in [0.25, 0.3) is 0 Å². The lowest BCUT2D eigenvalue weighted by Crippen LogP contribution is -2.04. The van der Waals surface area contributed by atoms with Crippen LogP contribution in [0.1, 0.15) is 18.1 Å². The largest absolute Gasteiger partial charge is 0.106 e. The molecule has 0 heterocycles. The molecule has 1 aliphatic rings. The second-order valence-electron chi connectivity index (χ2n) is 3.26. The van der Waals surface area contributed by atoms with Crippen molar-refractivity contribution < 1.29 is 0 Å². The van der Waals surface area contributed by atoms with Crippen LogP contribution in [-0.4, -0.2) is 0 Å². The van der Waals surface area contributed by atoms with Crippen molar-refractivity contribution >= 4 is 6.08 Å². The molecule has 1 aliphatic carbocycles. The van der Waals surface area contributed by atoms with Crippen LogP contribution in [0.3, 0.4) is 0 Å². The maximum Gasteiger partial charge on any atom is 0.0426 e. The Hall–Kier alpha value is -1.48. The van der Waals surface area contributed by atoms with Crippen LogP contribution in [-0.2, 0) is 6.42 Å². The SMILES string of the molecule is CC#CC1C=Cc2ccccc2C1. The van der Waals surface area contributed by atoms with E-state index in [9.17, 15) is 0 Å². The summed E-state index contributed by atoms with van der Waals surface area (Å²) in [7, 11) is 0. The Morgan fingerprint density at radius 3 is 3.00 bits per heavy atom. The molecule has 13 heavy (non-hydrogen) atoms. The van der Waals surface area contributed by atoms with Gasteiger partial charge in [0, 0.05) is 5.92 Å². The Morgan fingerprint density at radius 2 is 2.15 bits per heavy atom. The van der Waals surface area contributed by atoms with Crippen molar-refractivity contribution in [2.75, 3.05) is 0 Å². The Morgan fingerprint density at radius 1 is 1.31 bits per heavy atom. The number of allylic oxidation sites excluding steroid dienone is 1. The van der Waals surface area contributed by atoms with Gasteiger partial charge in [0.1, 0.15) is 0 Å². The first-order valence-electron chi connectivity index (χ1n) is 4.58. The maximum atomic E-state index is 3.19. The molecule has 1 atom stereocenters. The Labute approximate surface area is 79.3 Å². The second-order valence-corrected chi connectivity index (χ2v) is 3.26. The molecule has 0 radical (unpaired) electrons. The molecular formula is C13H12. The van der Waals surface area contributed by atoms with Gasteiger partial charge < -0.3 is 0 Å². The average molecular weight is 168 g/mol. The maximum absolute atomic E-state index is 3.19. The molecule has 2 rings (SSSR count). The molecule has 0 aromatic heterocycles. The molecule has 0 saturated carbocycles. The quantitative estimate of drug-likeness (QED) is 0.522. The topological polar surface area (TPSA) is 0 Å².